The Kier molecular flexibility index (Phi) is 4.56. The van der Waals surface area contributed by atoms with Gasteiger partial charge in [0.2, 0.25) is 0 Å². The normalized spacial score (nSPS) is 11.4. The van der Waals surface area contributed by atoms with E-state index in [1.807, 2.05) is 4.98 Å². The van der Waals surface area contributed by atoms with Crippen molar-refractivity contribution in [2.75, 3.05) is 5.32 Å². The number of amides is 1. The summed E-state index contributed by atoms with van der Waals surface area (Å²) in [5, 5.41) is 6.55. The lowest BCUT2D eigenvalue weighted by Crippen LogP contribution is -2.22. The van der Waals surface area contributed by atoms with Gasteiger partial charge in [-0.15, -0.1) is 0 Å². The molecular formula is C16H10ClF3N4O2. The number of aromatic nitrogens is 3. The number of rotatable bonds is 3. The fourth-order valence-electron chi connectivity index (χ4n) is 2.14. The van der Waals surface area contributed by atoms with Crippen molar-refractivity contribution in [1.82, 2.24) is 14.8 Å². The lowest BCUT2D eigenvalue weighted by molar-refractivity contribution is -0.137. The fourth-order valence-corrected chi connectivity index (χ4v) is 2.37. The van der Waals surface area contributed by atoms with Crippen LogP contribution in [-0.4, -0.2) is 20.7 Å². The van der Waals surface area contributed by atoms with Crippen molar-refractivity contribution >= 4 is 23.2 Å². The molecule has 0 unspecified atom stereocenters. The van der Waals surface area contributed by atoms with Crippen LogP contribution in [0.1, 0.15) is 16.1 Å². The summed E-state index contributed by atoms with van der Waals surface area (Å²) in [6.07, 6.45) is -2.66. The van der Waals surface area contributed by atoms with Gasteiger partial charge in [-0.25, -0.2) is 4.68 Å². The van der Waals surface area contributed by atoms with E-state index in [9.17, 15) is 22.8 Å². The summed E-state index contributed by atoms with van der Waals surface area (Å²) < 4.78 is 39.5. The van der Waals surface area contributed by atoms with Crippen LogP contribution in [0.15, 0.2) is 53.6 Å². The number of carbonyl (C=O) groups excluding carboxylic acids is 1. The molecule has 0 bridgehead atoms. The van der Waals surface area contributed by atoms with Crippen LogP contribution in [0.25, 0.3) is 5.69 Å². The van der Waals surface area contributed by atoms with Gasteiger partial charge in [0, 0.05) is 12.4 Å². The van der Waals surface area contributed by atoms with Crippen molar-refractivity contribution in [3.05, 3.63) is 75.4 Å². The van der Waals surface area contributed by atoms with Gasteiger partial charge in [-0.05, 0) is 24.3 Å². The molecule has 2 aromatic heterocycles. The van der Waals surface area contributed by atoms with Crippen molar-refractivity contribution < 1.29 is 18.0 Å². The van der Waals surface area contributed by atoms with E-state index in [0.717, 1.165) is 0 Å². The second kappa shape index (κ2) is 6.68. The zero-order valence-corrected chi connectivity index (χ0v) is 13.6. The number of carbonyl (C=O) groups is 1. The number of nitrogens with one attached hydrogen (secondary N) is 2. The Hall–Kier alpha value is -3.07. The van der Waals surface area contributed by atoms with Crippen molar-refractivity contribution in [1.29, 1.82) is 0 Å². The summed E-state index contributed by atoms with van der Waals surface area (Å²) in [6, 6.07) is 8.67. The van der Waals surface area contributed by atoms with E-state index in [0.29, 0.717) is 23.0 Å². The molecule has 0 aliphatic heterocycles. The van der Waals surface area contributed by atoms with Crippen molar-refractivity contribution in [3.63, 3.8) is 0 Å². The van der Waals surface area contributed by atoms with Gasteiger partial charge in [-0.1, -0.05) is 23.7 Å². The molecule has 0 spiro atoms. The SMILES string of the molecule is O=C(Nc1cc(C(F)(F)F)c[nH]c1=O)c1ccn(-c2ccccc2Cl)n1. The number of pyridine rings is 1. The molecule has 0 saturated heterocycles. The number of anilines is 1. The molecule has 3 aromatic rings. The Balaban J connectivity index is 1.86. The Morgan fingerprint density at radius 2 is 1.96 bits per heavy atom. The van der Waals surface area contributed by atoms with Gasteiger partial charge in [0.1, 0.15) is 5.69 Å². The third-order valence-corrected chi connectivity index (χ3v) is 3.72. The molecule has 10 heteroatoms. The first-order chi connectivity index (χ1) is 12.3. The van der Waals surface area contributed by atoms with E-state index < -0.39 is 28.9 Å². The van der Waals surface area contributed by atoms with Crippen molar-refractivity contribution in [2.45, 2.75) is 6.18 Å². The fraction of sp³-hybridized carbons (Fsp3) is 0.0625. The first-order valence-corrected chi connectivity index (χ1v) is 7.55. The van der Waals surface area contributed by atoms with E-state index in [1.54, 1.807) is 24.3 Å². The molecule has 0 saturated carbocycles. The highest BCUT2D eigenvalue weighted by molar-refractivity contribution is 6.32. The first kappa shape index (κ1) is 17.7. The van der Waals surface area contributed by atoms with Crippen LogP contribution in [0.4, 0.5) is 18.9 Å². The summed E-state index contributed by atoms with van der Waals surface area (Å²) in [4.78, 5) is 25.8. The topological polar surface area (TPSA) is 79.8 Å². The summed E-state index contributed by atoms with van der Waals surface area (Å²) in [5.74, 6) is -0.833. The quantitative estimate of drug-likeness (QED) is 0.727. The van der Waals surface area contributed by atoms with Crippen LogP contribution in [0.2, 0.25) is 5.02 Å². The zero-order valence-electron chi connectivity index (χ0n) is 12.8. The molecule has 2 heterocycles. The molecule has 6 nitrogen and oxygen atoms in total. The van der Waals surface area contributed by atoms with Gasteiger partial charge in [0.25, 0.3) is 11.5 Å². The van der Waals surface area contributed by atoms with E-state index in [2.05, 4.69) is 10.4 Å². The standard InChI is InChI=1S/C16H10ClF3N4O2/c17-10-3-1-2-4-13(10)24-6-5-11(23-24)15(26)22-12-7-9(16(18,19)20)8-21-14(12)25/h1-8H,(H,21,25)(H,22,26). The van der Waals surface area contributed by atoms with E-state index in [-0.39, 0.29) is 5.69 Å². The minimum atomic E-state index is -4.66. The van der Waals surface area contributed by atoms with Crippen LogP contribution >= 0.6 is 11.6 Å². The van der Waals surface area contributed by atoms with Gasteiger partial charge in [0.15, 0.2) is 5.69 Å². The number of H-pyrrole nitrogens is 1. The third kappa shape index (κ3) is 3.62. The predicted molar refractivity (Wildman–Crippen MR) is 88.6 cm³/mol. The number of hydrogen-bond acceptors (Lipinski definition) is 3. The summed E-state index contributed by atoms with van der Waals surface area (Å²) in [7, 11) is 0. The molecule has 0 aliphatic carbocycles. The molecule has 0 atom stereocenters. The average molecular weight is 383 g/mol. The monoisotopic (exact) mass is 382 g/mol. The molecule has 2 N–H and O–H groups in total. The maximum atomic E-state index is 12.7. The Bertz CT molecular complexity index is 1030. The molecule has 134 valence electrons. The van der Waals surface area contributed by atoms with E-state index in [1.165, 1.54) is 16.9 Å². The molecule has 0 radical (unpaired) electrons. The minimum Gasteiger partial charge on any atom is -0.327 e. The number of nitrogens with zero attached hydrogens (tertiary/aromatic N) is 2. The van der Waals surface area contributed by atoms with Crippen LogP contribution in [0, 0.1) is 0 Å². The zero-order chi connectivity index (χ0) is 18.9. The van der Waals surface area contributed by atoms with Crippen LogP contribution in [-0.2, 0) is 6.18 Å². The van der Waals surface area contributed by atoms with Crippen LogP contribution in [0.3, 0.4) is 0 Å². The molecule has 3 rings (SSSR count). The van der Waals surface area contributed by atoms with E-state index >= 15 is 0 Å². The second-order valence-electron chi connectivity index (χ2n) is 5.18. The molecule has 1 amide bonds. The van der Waals surface area contributed by atoms with Gasteiger partial charge in [-0.2, -0.15) is 18.3 Å². The third-order valence-electron chi connectivity index (χ3n) is 3.40. The number of benzene rings is 1. The largest absolute Gasteiger partial charge is 0.417 e. The molecular weight excluding hydrogens is 373 g/mol. The Morgan fingerprint density at radius 1 is 1.23 bits per heavy atom. The van der Waals surface area contributed by atoms with Crippen molar-refractivity contribution in [3.8, 4) is 5.69 Å². The number of alkyl halides is 3. The highest BCUT2D eigenvalue weighted by atomic mass is 35.5. The lowest BCUT2D eigenvalue weighted by atomic mass is 10.2. The van der Waals surface area contributed by atoms with Gasteiger partial charge in [-0.3, -0.25) is 9.59 Å². The highest BCUT2D eigenvalue weighted by Crippen LogP contribution is 2.29. The average Bonchev–Trinajstić information content (AvgIpc) is 3.06. The minimum absolute atomic E-state index is 0.0956. The smallest absolute Gasteiger partial charge is 0.327 e. The highest BCUT2D eigenvalue weighted by Gasteiger charge is 2.31. The number of aromatic amines is 1. The van der Waals surface area contributed by atoms with Gasteiger partial charge < -0.3 is 10.3 Å². The Labute approximate surface area is 149 Å². The van der Waals surface area contributed by atoms with Gasteiger partial charge >= 0.3 is 6.18 Å². The first-order valence-electron chi connectivity index (χ1n) is 7.17. The van der Waals surface area contributed by atoms with E-state index in [4.69, 9.17) is 11.6 Å². The number of para-hydroxylation sites is 1. The Morgan fingerprint density at radius 3 is 2.65 bits per heavy atom. The maximum absolute atomic E-state index is 12.7. The van der Waals surface area contributed by atoms with Crippen molar-refractivity contribution in [2.24, 2.45) is 0 Å². The summed E-state index contributed by atoms with van der Waals surface area (Å²) in [5.41, 5.74) is -2.06. The predicted octanol–water partition coefficient (Wildman–Crippen LogP) is 3.49. The van der Waals surface area contributed by atoms with Gasteiger partial charge in [0.05, 0.1) is 16.3 Å². The molecule has 0 aliphatic rings. The summed E-state index contributed by atoms with van der Waals surface area (Å²) in [6.45, 7) is 0. The number of hydrogen-bond donors (Lipinski definition) is 2. The molecule has 26 heavy (non-hydrogen) atoms. The van der Waals surface area contributed by atoms with Crippen LogP contribution in [0.5, 0.6) is 0 Å². The second-order valence-corrected chi connectivity index (χ2v) is 5.59. The molecule has 1 aromatic carbocycles. The number of halogens is 4. The summed E-state index contributed by atoms with van der Waals surface area (Å²) >= 11 is 6.04. The molecule has 0 fully saturated rings. The lowest BCUT2D eigenvalue weighted by Gasteiger charge is -2.08. The maximum Gasteiger partial charge on any atom is 0.417 e. The van der Waals surface area contributed by atoms with Crippen LogP contribution < -0.4 is 10.9 Å².